The van der Waals surface area contributed by atoms with E-state index in [4.69, 9.17) is 0 Å². The summed E-state index contributed by atoms with van der Waals surface area (Å²) in [4.78, 5) is 4.26. The smallest absolute Gasteiger partial charge is 0.0378 e. The topological polar surface area (TPSA) is 24.9 Å². The molecule has 2 heteroatoms. The Morgan fingerprint density at radius 3 is 2.68 bits per heavy atom. The van der Waals surface area contributed by atoms with Crippen LogP contribution in [-0.4, -0.2) is 11.0 Å². The van der Waals surface area contributed by atoms with Gasteiger partial charge in [-0.05, 0) is 61.1 Å². The molecule has 0 saturated heterocycles. The van der Waals surface area contributed by atoms with Gasteiger partial charge in [-0.15, -0.1) is 0 Å². The quantitative estimate of drug-likeness (QED) is 0.899. The molecule has 19 heavy (non-hydrogen) atoms. The highest BCUT2D eigenvalue weighted by Gasteiger charge is 2.19. The van der Waals surface area contributed by atoms with Crippen LogP contribution in [0.2, 0.25) is 0 Å². The van der Waals surface area contributed by atoms with Crippen molar-refractivity contribution in [2.45, 2.75) is 39.3 Å². The molecular weight excluding hydrogens is 232 g/mol. The van der Waals surface area contributed by atoms with Gasteiger partial charge in [0, 0.05) is 24.5 Å². The Hall–Kier alpha value is -1.67. The Kier molecular flexibility index (Phi) is 3.34. The molecule has 0 radical (unpaired) electrons. The van der Waals surface area contributed by atoms with Gasteiger partial charge in [0.15, 0.2) is 0 Å². The first kappa shape index (κ1) is 12.4. The zero-order valence-corrected chi connectivity index (χ0v) is 11.6. The van der Waals surface area contributed by atoms with Crippen LogP contribution >= 0.6 is 0 Å². The van der Waals surface area contributed by atoms with E-state index in [0.29, 0.717) is 0 Å². The number of pyridine rings is 1. The fraction of sp³-hybridized carbons (Fsp3) is 0.353. The Morgan fingerprint density at radius 2 is 2.00 bits per heavy atom. The molecule has 0 aliphatic heterocycles. The first-order valence-corrected chi connectivity index (χ1v) is 6.98. The highest BCUT2D eigenvalue weighted by atomic mass is 14.9. The molecule has 0 amide bonds. The predicted octanol–water partition coefficient (Wildman–Crippen LogP) is 3.62. The standard InChI is InChI=1S/C17H20N2/c1-12-9-14(11-19-16-4-5-16)3-6-17(12)15-7-8-18-13(2)10-15/h3,6-10,16,19H,4-5,11H2,1-2H3. The Balaban J connectivity index is 1.82. The first-order valence-electron chi connectivity index (χ1n) is 6.98. The second-order valence-corrected chi connectivity index (χ2v) is 5.49. The largest absolute Gasteiger partial charge is 0.310 e. The van der Waals surface area contributed by atoms with E-state index in [-0.39, 0.29) is 0 Å². The van der Waals surface area contributed by atoms with Crippen molar-refractivity contribution in [3.8, 4) is 11.1 Å². The van der Waals surface area contributed by atoms with Crippen molar-refractivity contribution in [3.05, 3.63) is 53.3 Å². The molecule has 3 rings (SSSR count). The normalized spacial score (nSPS) is 14.6. The average molecular weight is 252 g/mol. The SMILES string of the molecule is Cc1cc(-c2ccc(CNC3CC3)cc2C)ccn1. The van der Waals surface area contributed by atoms with E-state index in [2.05, 4.69) is 47.6 Å². The molecule has 0 atom stereocenters. The van der Waals surface area contributed by atoms with Crippen molar-refractivity contribution < 1.29 is 0 Å². The summed E-state index contributed by atoms with van der Waals surface area (Å²) in [5.41, 5.74) is 6.34. The summed E-state index contributed by atoms with van der Waals surface area (Å²) < 4.78 is 0. The molecule has 1 aromatic heterocycles. The maximum atomic E-state index is 4.26. The summed E-state index contributed by atoms with van der Waals surface area (Å²) in [5.74, 6) is 0. The Morgan fingerprint density at radius 1 is 1.16 bits per heavy atom. The van der Waals surface area contributed by atoms with Gasteiger partial charge in [0.25, 0.3) is 0 Å². The predicted molar refractivity (Wildman–Crippen MR) is 79.0 cm³/mol. The van der Waals surface area contributed by atoms with Gasteiger partial charge in [0.1, 0.15) is 0 Å². The van der Waals surface area contributed by atoms with Gasteiger partial charge in [0.05, 0.1) is 0 Å². The van der Waals surface area contributed by atoms with Crippen LogP contribution in [0, 0.1) is 13.8 Å². The fourth-order valence-electron chi connectivity index (χ4n) is 2.42. The molecule has 2 nitrogen and oxygen atoms in total. The molecule has 1 aliphatic carbocycles. The van der Waals surface area contributed by atoms with E-state index in [1.54, 1.807) is 0 Å². The number of hydrogen-bond acceptors (Lipinski definition) is 2. The number of hydrogen-bond donors (Lipinski definition) is 1. The second kappa shape index (κ2) is 5.14. The Bertz CT molecular complexity index is 586. The average Bonchev–Trinajstić information content (AvgIpc) is 3.20. The lowest BCUT2D eigenvalue weighted by atomic mass is 9.98. The Labute approximate surface area is 114 Å². The molecule has 2 aromatic rings. The van der Waals surface area contributed by atoms with Gasteiger partial charge in [-0.1, -0.05) is 18.2 Å². The van der Waals surface area contributed by atoms with Crippen LogP contribution in [0.1, 0.15) is 29.7 Å². The van der Waals surface area contributed by atoms with Crippen molar-refractivity contribution in [2.24, 2.45) is 0 Å². The van der Waals surface area contributed by atoms with Crippen LogP contribution in [0.4, 0.5) is 0 Å². The van der Waals surface area contributed by atoms with Crippen molar-refractivity contribution in [3.63, 3.8) is 0 Å². The highest BCUT2D eigenvalue weighted by Crippen LogP contribution is 2.25. The number of nitrogens with zero attached hydrogens (tertiary/aromatic N) is 1. The zero-order valence-electron chi connectivity index (χ0n) is 11.6. The number of rotatable bonds is 4. The van der Waals surface area contributed by atoms with Crippen molar-refractivity contribution in [1.82, 2.24) is 10.3 Å². The van der Waals surface area contributed by atoms with Crippen LogP contribution in [0.25, 0.3) is 11.1 Å². The fourth-order valence-corrected chi connectivity index (χ4v) is 2.42. The maximum absolute atomic E-state index is 4.26. The second-order valence-electron chi connectivity index (χ2n) is 5.49. The summed E-state index contributed by atoms with van der Waals surface area (Å²) >= 11 is 0. The van der Waals surface area contributed by atoms with Crippen LogP contribution in [-0.2, 0) is 6.54 Å². The molecule has 98 valence electrons. The van der Waals surface area contributed by atoms with E-state index < -0.39 is 0 Å². The molecule has 1 aromatic carbocycles. The first-order chi connectivity index (χ1) is 9.22. The lowest BCUT2D eigenvalue weighted by Crippen LogP contribution is -2.15. The summed E-state index contributed by atoms with van der Waals surface area (Å²) in [7, 11) is 0. The maximum Gasteiger partial charge on any atom is 0.0378 e. The zero-order chi connectivity index (χ0) is 13.2. The van der Waals surface area contributed by atoms with Crippen molar-refractivity contribution >= 4 is 0 Å². The lowest BCUT2D eigenvalue weighted by Gasteiger charge is -2.10. The summed E-state index contributed by atoms with van der Waals surface area (Å²) in [6.45, 7) is 5.21. The summed E-state index contributed by atoms with van der Waals surface area (Å²) in [5, 5.41) is 3.56. The molecule has 1 heterocycles. The molecule has 0 unspecified atom stereocenters. The lowest BCUT2D eigenvalue weighted by molar-refractivity contribution is 0.687. The van der Waals surface area contributed by atoms with E-state index in [1.165, 1.54) is 35.1 Å². The minimum atomic E-state index is 0.767. The van der Waals surface area contributed by atoms with Crippen molar-refractivity contribution in [2.75, 3.05) is 0 Å². The van der Waals surface area contributed by atoms with E-state index in [0.717, 1.165) is 18.3 Å². The van der Waals surface area contributed by atoms with Crippen LogP contribution in [0.15, 0.2) is 36.5 Å². The van der Waals surface area contributed by atoms with Gasteiger partial charge in [-0.25, -0.2) is 0 Å². The summed E-state index contributed by atoms with van der Waals surface area (Å²) in [6.07, 6.45) is 4.56. The summed E-state index contributed by atoms with van der Waals surface area (Å²) in [6, 6.07) is 11.7. The van der Waals surface area contributed by atoms with E-state index in [1.807, 2.05) is 13.1 Å². The monoisotopic (exact) mass is 252 g/mol. The van der Waals surface area contributed by atoms with Gasteiger partial charge in [0.2, 0.25) is 0 Å². The molecule has 1 N–H and O–H groups in total. The van der Waals surface area contributed by atoms with E-state index in [9.17, 15) is 0 Å². The number of benzene rings is 1. The van der Waals surface area contributed by atoms with E-state index >= 15 is 0 Å². The minimum absolute atomic E-state index is 0.767. The molecule has 1 aliphatic rings. The molecule has 1 saturated carbocycles. The number of nitrogens with one attached hydrogen (secondary N) is 1. The molecule has 0 bridgehead atoms. The van der Waals surface area contributed by atoms with Gasteiger partial charge >= 0.3 is 0 Å². The van der Waals surface area contributed by atoms with Crippen LogP contribution < -0.4 is 5.32 Å². The third-order valence-corrected chi connectivity index (χ3v) is 3.67. The molecule has 0 spiro atoms. The van der Waals surface area contributed by atoms with Crippen LogP contribution in [0.5, 0.6) is 0 Å². The number of aryl methyl sites for hydroxylation is 2. The minimum Gasteiger partial charge on any atom is -0.310 e. The third kappa shape index (κ3) is 3.02. The van der Waals surface area contributed by atoms with Gasteiger partial charge in [-0.2, -0.15) is 0 Å². The number of aromatic nitrogens is 1. The molecular formula is C17H20N2. The van der Waals surface area contributed by atoms with Gasteiger partial charge < -0.3 is 5.32 Å². The highest BCUT2D eigenvalue weighted by molar-refractivity contribution is 5.67. The van der Waals surface area contributed by atoms with Gasteiger partial charge in [-0.3, -0.25) is 4.98 Å². The third-order valence-electron chi connectivity index (χ3n) is 3.67. The van der Waals surface area contributed by atoms with Crippen molar-refractivity contribution in [1.29, 1.82) is 0 Å². The molecule has 1 fully saturated rings. The van der Waals surface area contributed by atoms with Crippen LogP contribution in [0.3, 0.4) is 0 Å².